The second-order valence-corrected chi connectivity index (χ2v) is 6.21. The maximum Gasteiger partial charge on any atom is 0.174 e. The van der Waals surface area contributed by atoms with Gasteiger partial charge in [-0.25, -0.2) is 8.42 Å². The van der Waals surface area contributed by atoms with Crippen LogP contribution in [0.4, 0.5) is 0 Å². The van der Waals surface area contributed by atoms with Crippen molar-refractivity contribution in [3.8, 4) is 0 Å². The lowest BCUT2D eigenvalue weighted by Crippen LogP contribution is -2.04. The number of sulfone groups is 1. The molecule has 5 heteroatoms. The molecule has 0 aromatic rings. The van der Waals surface area contributed by atoms with Crippen LogP contribution in [0.2, 0.25) is 0 Å². The topological polar surface area (TPSA) is 60.2 Å². The highest BCUT2D eigenvalue weighted by atomic mass is 32.2. The third-order valence-electron chi connectivity index (χ3n) is 1.52. The molecule has 0 bridgehead atoms. The Balaban J connectivity index is 2.99. The lowest BCUT2D eigenvalue weighted by Gasteiger charge is -1.98. The molecular weight excluding hydrogens is 182 g/mol. The van der Waals surface area contributed by atoms with Crippen molar-refractivity contribution in [1.29, 1.82) is 0 Å². The normalized spacial score (nSPS) is 26.2. The molecule has 1 atom stereocenters. The summed E-state index contributed by atoms with van der Waals surface area (Å²) in [6, 6.07) is 0. The van der Waals surface area contributed by atoms with E-state index in [0.29, 0.717) is 21.6 Å². The molecule has 1 aliphatic heterocycles. The van der Waals surface area contributed by atoms with E-state index in [4.69, 9.17) is 5.73 Å². The molecule has 0 aromatic heterocycles. The molecular formula is C6H11NO2S2. The minimum absolute atomic E-state index is 0.305. The van der Waals surface area contributed by atoms with Crippen LogP contribution < -0.4 is 5.73 Å². The van der Waals surface area contributed by atoms with E-state index >= 15 is 0 Å². The first-order valence-electron chi connectivity index (χ1n) is 3.26. The van der Waals surface area contributed by atoms with E-state index in [9.17, 15) is 8.42 Å². The van der Waals surface area contributed by atoms with Crippen LogP contribution >= 0.6 is 11.8 Å². The fourth-order valence-electron chi connectivity index (χ4n) is 1.02. The van der Waals surface area contributed by atoms with Crippen molar-refractivity contribution in [1.82, 2.24) is 0 Å². The molecule has 3 nitrogen and oxygen atoms in total. The Morgan fingerprint density at radius 2 is 2.18 bits per heavy atom. The van der Waals surface area contributed by atoms with Crippen molar-refractivity contribution in [3.05, 3.63) is 9.93 Å². The summed E-state index contributed by atoms with van der Waals surface area (Å²) in [7, 11) is -3.05. The van der Waals surface area contributed by atoms with Crippen molar-refractivity contribution >= 4 is 21.6 Å². The predicted molar refractivity (Wildman–Crippen MR) is 47.7 cm³/mol. The van der Waals surface area contributed by atoms with E-state index in [-0.39, 0.29) is 0 Å². The van der Waals surface area contributed by atoms with E-state index < -0.39 is 9.84 Å². The Kier molecular flexibility index (Phi) is 2.20. The van der Waals surface area contributed by atoms with E-state index in [0.717, 1.165) is 0 Å². The summed E-state index contributed by atoms with van der Waals surface area (Å²) >= 11 is 1.43. The Morgan fingerprint density at radius 3 is 2.36 bits per heavy atom. The molecule has 0 spiro atoms. The van der Waals surface area contributed by atoms with Gasteiger partial charge in [-0.15, -0.1) is 11.8 Å². The van der Waals surface area contributed by atoms with Crippen LogP contribution in [-0.2, 0) is 9.84 Å². The second-order valence-electron chi connectivity index (χ2n) is 2.69. The fraction of sp³-hybridized carbons (Fsp3) is 0.667. The average molecular weight is 193 g/mol. The highest BCUT2D eigenvalue weighted by Crippen LogP contribution is 2.36. The highest BCUT2D eigenvalue weighted by Gasteiger charge is 2.26. The minimum Gasteiger partial charge on any atom is -0.393 e. The summed E-state index contributed by atoms with van der Waals surface area (Å²) in [5, 5.41) is 0.778. The molecule has 1 heterocycles. The Morgan fingerprint density at radius 1 is 1.64 bits per heavy atom. The average Bonchev–Trinajstić information content (AvgIpc) is 2.08. The zero-order chi connectivity index (χ0) is 8.65. The number of rotatable bonds is 1. The second kappa shape index (κ2) is 2.71. The van der Waals surface area contributed by atoms with Gasteiger partial charge in [0, 0.05) is 11.5 Å². The Hall–Kier alpha value is -0.160. The molecule has 1 aliphatic rings. The zero-order valence-electron chi connectivity index (χ0n) is 6.49. The summed E-state index contributed by atoms with van der Waals surface area (Å²) in [4.78, 5) is 0.412. The third-order valence-corrected chi connectivity index (χ3v) is 4.00. The summed E-state index contributed by atoms with van der Waals surface area (Å²) in [6.07, 6.45) is 1.78. The molecule has 0 fully saturated rings. The molecule has 1 unspecified atom stereocenters. The molecule has 0 saturated heterocycles. The van der Waals surface area contributed by atoms with Crippen molar-refractivity contribution in [2.24, 2.45) is 5.73 Å². The lowest BCUT2D eigenvalue weighted by molar-refractivity contribution is 0.605. The predicted octanol–water partition coefficient (Wildman–Crippen LogP) is 0.684. The molecule has 64 valence electrons. The smallest absolute Gasteiger partial charge is 0.174 e. The fourth-order valence-corrected chi connectivity index (χ4v) is 3.54. The van der Waals surface area contributed by atoms with Gasteiger partial charge in [-0.1, -0.05) is 6.92 Å². The molecule has 11 heavy (non-hydrogen) atoms. The van der Waals surface area contributed by atoms with Crippen LogP contribution in [0.15, 0.2) is 9.93 Å². The number of nitrogens with two attached hydrogens (primary N) is 1. The van der Waals surface area contributed by atoms with Crippen LogP contribution in [-0.4, -0.2) is 19.9 Å². The van der Waals surface area contributed by atoms with Crippen molar-refractivity contribution in [2.45, 2.75) is 18.6 Å². The van der Waals surface area contributed by atoms with Gasteiger partial charge in [-0.2, -0.15) is 0 Å². The van der Waals surface area contributed by atoms with E-state index in [1.165, 1.54) is 18.0 Å². The van der Waals surface area contributed by atoms with Gasteiger partial charge >= 0.3 is 0 Å². The molecule has 2 N–H and O–H groups in total. The molecule has 0 amide bonds. The first kappa shape index (κ1) is 8.93. The molecule has 0 radical (unpaired) electrons. The third kappa shape index (κ3) is 1.90. The van der Waals surface area contributed by atoms with E-state index in [1.54, 1.807) is 0 Å². The van der Waals surface area contributed by atoms with Crippen molar-refractivity contribution < 1.29 is 8.42 Å². The molecule has 1 rings (SSSR count). The van der Waals surface area contributed by atoms with Crippen LogP contribution in [0.5, 0.6) is 0 Å². The summed E-state index contributed by atoms with van der Waals surface area (Å²) in [5.74, 6) is 0. The first-order chi connectivity index (χ1) is 4.91. The van der Waals surface area contributed by atoms with Gasteiger partial charge in [0.25, 0.3) is 0 Å². The van der Waals surface area contributed by atoms with Crippen LogP contribution in [0.3, 0.4) is 0 Å². The van der Waals surface area contributed by atoms with Gasteiger partial charge in [-0.05, 0) is 6.42 Å². The number of hydrogen-bond donors (Lipinski definition) is 1. The SMILES string of the molecule is CC1CC(S(C)(=O)=O)=C(N)S1. The minimum atomic E-state index is -3.05. The maximum absolute atomic E-state index is 11.0. The number of thioether (sulfide) groups is 1. The largest absolute Gasteiger partial charge is 0.393 e. The summed E-state index contributed by atoms with van der Waals surface area (Å²) in [5.41, 5.74) is 5.52. The van der Waals surface area contributed by atoms with Gasteiger partial charge in [0.05, 0.1) is 9.93 Å². The maximum atomic E-state index is 11.0. The van der Waals surface area contributed by atoms with Gasteiger partial charge < -0.3 is 5.73 Å². The number of hydrogen-bond acceptors (Lipinski definition) is 4. The first-order valence-corrected chi connectivity index (χ1v) is 6.03. The van der Waals surface area contributed by atoms with Crippen LogP contribution in [0.25, 0.3) is 0 Å². The van der Waals surface area contributed by atoms with Crippen LogP contribution in [0, 0.1) is 0 Å². The van der Waals surface area contributed by atoms with Crippen molar-refractivity contribution in [2.75, 3.05) is 6.26 Å². The molecule has 0 saturated carbocycles. The summed E-state index contributed by atoms with van der Waals surface area (Å²) < 4.78 is 22.1. The molecule has 0 aliphatic carbocycles. The quantitative estimate of drug-likeness (QED) is 0.665. The summed E-state index contributed by atoms with van der Waals surface area (Å²) in [6.45, 7) is 1.97. The Labute approximate surface area is 71.0 Å². The molecule has 0 aromatic carbocycles. The van der Waals surface area contributed by atoms with Crippen molar-refractivity contribution in [3.63, 3.8) is 0 Å². The van der Waals surface area contributed by atoms with Gasteiger partial charge in [0.2, 0.25) is 0 Å². The van der Waals surface area contributed by atoms with Gasteiger partial charge in [-0.3, -0.25) is 0 Å². The Bertz CT molecular complexity index is 292. The van der Waals surface area contributed by atoms with E-state index in [1.807, 2.05) is 6.92 Å². The highest BCUT2D eigenvalue weighted by molar-refractivity contribution is 8.05. The standard InChI is InChI=1S/C6H11NO2S2/c1-4-3-5(6(7)10-4)11(2,8)9/h4H,3,7H2,1-2H3. The van der Waals surface area contributed by atoms with Gasteiger partial charge in [0.1, 0.15) is 0 Å². The van der Waals surface area contributed by atoms with Gasteiger partial charge in [0.15, 0.2) is 9.84 Å². The zero-order valence-corrected chi connectivity index (χ0v) is 8.13. The van der Waals surface area contributed by atoms with Crippen LogP contribution in [0.1, 0.15) is 13.3 Å². The van der Waals surface area contributed by atoms with E-state index in [2.05, 4.69) is 0 Å². The lowest BCUT2D eigenvalue weighted by atomic mass is 10.3. The number of allylic oxidation sites excluding steroid dienone is 1. The monoisotopic (exact) mass is 193 g/mol.